The molecule has 3 rings (SSSR count). The summed E-state index contributed by atoms with van der Waals surface area (Å²) < 4.78 is 24.3. The fourth-order valence-electron chi connectivity index (χ4n) is 3.65. The van der Waals surface area contributed by atoms with Gasteiger partial charge in [-0.2, -0.15) is 5.10 Å². The normalized spacial score (nSPS) is 14.0. The molecule has 6 nitrogen and oxygen atoms in total. The highest BCUT2D eigenvalue weighted by atomic mass is 35.5. The van der Waals surface area contributed by atoms with E-state index in [1.165, 1.54) is 5.41 Å². The van der Waals surface area contributed by atoms with Gasteiger partial charge in [-0.15, -0.1) is 0 Å². The van der Waals surface area contributed by atoms with Gasteiger partial charge in [0.25, 0.3) is 0 Å². The number of aryl methyl sites for hydroxylation is 1. The number of sulfone groups is 1. The predicted molar refractivity (Wildman–Crippen MR) is 131 cm³/mol. The average molecular weight is 474 g/mol. The number of nitrogens with zero attached hydrogens (tertiary/aromatic N) is 2. The topological polar surface area (TPSA) is 81.1 Å². The van der Waals surface area contributed by atoms with Crippen LogP contribution in [0.1, 0.15) is 48.7 Å². The zero-order valence-corrected chi connectivity index (χ0v) is 20.2. The molecule has 0 fully saturated rings. The van der Waals surface area contributed by atoms with Crippen molar-refractivity contribution in [3.05, 3.63) is 70.2 Å². The Bertz CT molecular complexity index is 1260. The number of ketones is 1. The van der Waals surface area contributed by atoms with E-state index in [4.69, 9.17) is 11.6 Å². The molecule has 2 aromatic carbocycles. The van der Waals surface area contributed by atoms with Gasteiger partial charge in [0.05, 0.1) is 23.4 Å². The highest BCUT2D eigenvalue weighted by Crippen LogP contribution is 2.32. The quantitative estimate of drug-likeness (QED) is 0.411. The van der Waals surface area contributed by atoms with Gasteiger partial charge < -0.3 is 5.32 Å². The van der Waals surface area contributed by atoms with Gasteiger partial charge in [-0.1, -0.05) is 42.8 Å². The maximum absolute atomic E-state index is 13.0. The van der Waals surface area contributed by atoms with E-state index < -0.39 is 9.84 Å². The number of anilines is 1. The van der Waals surface area contributed by atoms with Gasteiger partial charge in [0, 0.05) is 41.1 Å². The molecule has 0 amide bonds. The summed E-state index contributed by atoms with van der Waals surface area (Å²) in [5.41, 5.74) is 3.32. The molecule has 0 aliphatic carbocycles. The summed E-state index contributed by atoms with van der Waals surface area (Å²) in [6, 6.07) is 11.4. The zero-order chi connectivity index (χ0) is 23.5. The molecule has 1 N–H and O–H groups in total. The van der Waals surface area contributed by atoms with Crippen molar-refractivity contribution in [2.75, 3.05) is 11.6 Å². The van der Waals surface area contributed by atoms with Gasteiger partial charge in [-0.3, -0.25) is 9.48 Å². The lowest BCUT2D eigenvalue weighted by Crippen LogP contribution is -2.09. The maximum atomic E-state index is 13.0. The molecule has 0 aliphatic rings. The molecule has 0 bridgehead atoms. The van der Waals surface area contributed by atoms with Gasteiger partial charge >= 0.3 is 0 Å². The van der Waals surface area contributed by atoms with Crippen molar-refractivity contribution in [2.45, 2.75) is 32.7 Å². The van der Waals surface area contributed by atoms with Crippen LogP contribution in [0, 0.1) is 5.92 Å². The fourth-order valence-corrected chi connectivity index (χ4v) is 4.51. The molecule has 0 saturated heterocycles. The minimum Gasteiger partial charge on any atom is -0.377 e. The maximum Gasteiger partial charge on any atom is 0.168 e. The Kier molecular flexibility index (Phi) is 7.41. The van der Waals surface area contributed by atoms with Gasteiger partial charge in [0.1, 0.15) is 0 Å². The third-order valence-corrected chi connectivity index (χ3v) is 6.42. The first kappa shape index (κ1) is 24.0. The molecule has 8 heteroatoms. The number of halogens is 1. The van der Waals surface area contributed by atoms with E-state index in [9.17, 15) is 13.2 Å². The monoisotopic (exact) mass is 473 g/mol. The Morgan fingerprint density at radius 2 is 1.94 bits per heavy atom. The van der Waals surface area contributed by atoms with Crippen LogP contribution in [0.4, 0.5) is 5.69 Å². The third kappa shape index (κ3) is 5.78. The van der Waals surface area contributed by atoms with Crippen LogP contribution < -0.4 is 5.32 Å². The standard InChI is InChI=1S/C24H28ClN3O3S/c1-16(13-14-32(4,30)31)9-12-23(29)19-10-11-22(24-20(19)15-26-28(24)3)27-17(2)18-7-5-6-8-21(18)25/h5-8,10-11,13-17,27H,9,12H2,1-4H3/b14-13+/t16-,17?/m0/s1. The number of carbonyl (C=O) groups excluding carboxylic acids is 1. The van der Waals surface area contributed by atoms with Crippen molar-refractivity contribution in [1.82, 2.24) is 9.78 Å². The molecular weight excluding hydrogens is 446 g/mol. The number of fused-ring (bicyclic) bond motifs is 1. The molecule has 0 aliphatic heterocycles. The van der Waals surface area contributed by atoms with Crippen molar-refractivity contribution in [3.8, 4) is 0 Å². The summed E-state index contributed by atoms with van der Waals surface area (Å²) in [4.78, 5) is 13.0. The first-order valence-electron chi connectivity index (χ1n) is 10.4. The van der Waals surface area contributed by atoms with E-state index in [0.717, 1.165) is 28.4 Å². The minimum absolute atomic E-state index is 0.00769. The molecule has 0 radical (unpaired) electrons. The van der Waals surface area contributed by atoms with Crippen LogP contribution in [0.15, 0.2) is 54.1 Å². The van der Waals surface area contributed by atoms with Crippen LogP contribution in [0.3, 0.4) is 0 Å². The zero-order valence-electron chi connectivity index (χ0n) is 18.7. The van der Waals surface area contributed by atoms with Crippen LogP contribution in [0.25, 0.3) is 10.9 Å². The Balaban J connectivity index is 1.81. The van der Waals surface area contributed by atoms with Crippen molar-refractivity contribution in [1.29, 1.82) is 0 Å². The number of benzene rings is 2. The number of aromatic nitrogens is 2. The van der Waals surface area contributed by atoms with E-state index in [-0.39, 0.29) is 17.7 Å². The summed E-state index contributed by atoms with van der Waals surface area (Å²) in [6.07, 6.45) is 5.38. The molecule has 3 aromatic rings. The first-order valence-corrected chi connectivity index (χ1v) is 12.8. The van der Waals surface area contributed by atoms with Crippen LogP contribution in [0.2, 0.25) is 5.02 Å². The van der Waals surface area contributed by atoms with Crippen molar-refractivity contribution in [3.63, 3.8) is 0 Å². The summed E-state index contributed by atoms with van der Waals surface area (Å²) in [5.74, 6) is -0.0104. The molecule has 0 saturated carbocycles. The highest BCUT2D eigenvalue weighted by Gasteiger charge is 2.18. The average Bonchev–Trinajstić information content (AvgIpc) is 3.12. The van der Waals surface area contributed by atoms with Crippen LogP contribution >= 0.6 is 11.6 Å². The van der Waals surface area contributed by atoms with E-state index in [1.807, 2.05) is 57.3 Å². The lowest BCUT2D eigenvalue weighted by atomic mass is 9.97. The van der Waals surface area contributed by atoms with E-state index in [1.54, 1.807) is 17.0 Å². The van der Waals surface area contributed by atoms with E-state index in [2.05, 4.69) is 10.4 Å². The molecule has 1 unspecified atom stereocenters. The number of hydrogen-bond acceptors (Lipinski definition) is 5. The number of allylic oxidation sites excluding steroid dienone is 1. The number of carbonyl (C=O) groups is 1. The van der Waals surface area contributed by atoms with Crippen LogP contribution in [0.5, 0.6) is 0 Å². The summed E-state index contributed by atoms with van der Waals surface area (Å²) >= 11 is 6.35. The lowest BCUT2D eigenvalue weighted by Gasteiger charge is -2.18. The second-order valence-electron chi connectivity index (χ2n) is 8.18. The van der Waals surface area contributed by atoms with Gasteiger partial charge in [0.2, 0.25) is 0 Å². The van der Waals surface area contributed by atoms with Crippen molar-refractivity contribution in [2.24, 2.45) is 13.0 Å². The molecule has 0 spiro atoms. The van der Waals surface area contributed by atoms with E-state index in [0.29, 0.717) is 23.4 Å². The van der Waals surface area contributed by atoms with Crippen LogP contribution in [-0.2, 0) is 16.9 Å². The number of nitrogens with one attached hydrogen (secondary N) is 1. The predicted octanol–water partition coefficient (Wildman–Crippen LogP) is 5.56. The molecule has 2 atom stereocenters. The van der Waals surface area contributed by atoms with Crippen LogP contribution in [-0.4, -0.2) is 30.2 Å². The summed E-state index contributed by atoms with van der Waals surface area (Å²) in [7, 11) is -1.32. The molecule has 1 heterocycles. The Morgan fingerprint density at radius 3 is 2.62 bits per heavy atom. The van der Waals surface area contributed by atoms with Gasteiger partial charge in [-0.05, 0) is 43.0 Å². The van der Waals surface area contributed by atoms with Gasteiger partial charge in [0.15, 0.2) is 15.6 Å². The van der Waals surface area contributed by atoms with Crippen molar-refractivity contribution >= 4 is 43.8 Å². The molecular formula is C24H28ClN3O3S. The third-order valence-electron chi connectivity index (χ3n) is 5.43. The first-order chi connectivity index (χ1) is 15.1. The Morgan fingerprint density at radius 1 is 1.22 bits per heavy atom. The second kappa shape index (κ2) is 9.88. The SMILES string of the molecule is CC(Nc1ccc(C(=O)CC[C@H](C)/C=C/S(C)(=O)=O)c2cnn(C)c12)c1ccccc1Cl. The smallest absolute Gasteiger partial charge is 0.168 e. The number of hydrogen-bond donors (Lipinski definition) is 1. The van der Waals surface area contributed by atoms with E-state index >= 15 is 0 Å². The summed E-state index contributed by atoms with van der Waals surface area (Å²) in [5, 5.41) is 10.5. The highest BCUT2D eigenvalue weighted by molar-refractivity contribution is 7.93. The second-order valence-corrected chi connectivity index (χ2v) is 10.5. The molecule has 170 valence electrons. The molecule has 32 heavy (non-hydrogen) atoms. The Hall–Kier alpha value is -2.64. The number of rotatable bonds is 9. The number of Topliss-reactive ketones (excluding diaryl/α,β-unsaturated/α-hetero) is 1. The summed E-state index contributed by atoms with van der Waals surface area (Å²) in [6.45, 7) is 3.94. The fraction of sp³-hybridized carbons (Fsp3) is 0.333. The minimum atomic E-state index is -3.17. The lowest BCUT2D eigenvalue weighted by molar-refractivity contribution is 0.0978. The largest absolute Gasteiger partial charge is 0.377 e. The van der Waals surface area contributed by atoms with Gasteiger partial charge in [-0.25, -0.2) is 8.42 Å². The van der Waals surface area contributed by atoms with Crippen molar-refractivity contribution < 1.29 is 13.2 Å². The molecule has 1 aromatic heterocycles. The Labute approximate surface area is 194 Å².